The van der Waals surface area contributed by atoms with Crippen molar-refractivity contribution in [2.45, 2.75) is 38.8 Å². The van der Waals surface area contributed by atoms with Gasteiger partial charge in [0.2, 0.25) is 0 Å². The molecule has 98 valence electrons. The van der Waals surface area contributed by atoms with Crippen LogP contribution in [0.15, 0.2) is 28.7 Å². The number of benzene rings is 1. The highest BCUT2D eigenvalue weighted by atomic mass is 16.5. The van der Waals surface area contributed by atoms with Crippen molar-refractivity contribution in [2.75, 3.05) is 7.11 Å². The van der Waals surface area contributed by atoms with Crippen LogP contribution in [0.5, 0.6) is 0 Å². The molecular weight excluding hydrogens is 226 g/mol. The van der Waals surface area contributed by atoms with E-state index in [0.717, 1.165) is 29.6 Å². The third-order valence-corrected chi connectivity index (χ3v) is 3.34. The molecule has 0 fully saturated rings. The Kier molecular flexibility index (Phi) is 4.04. The van der Waals surface area contributed by atoms with Gasteiger partial charge in [-0.2, -0.15) is 0 Å². The average molecular weight is 247 g/mol. The van der Waals surface area contributed by atoms with Crippen molar-refractivity contribution in [1.82, 2.24) is 0 Å². The van der Waals surface area contributed by atoms with E-state index in [1.54, 1.807) is 7.11 Å². The van der Waals surface area contributed by atoms with Crippen LogP contribution in [0.25, 0.3) is 11.0 Å². The van der Waals surface area contributed by atoms with Crippen LogP contribution >= 0.6 is 0 Å². The molecule has 0 spiro atoms. The number of ether oxygens (including phenoxy) is 1. The molecule has 1 aromatic heterocycles. The molecule has 0 aliphatic heterocycles. The quantitative estimate of drug-likeness (QED) is 0.878. The SMILES string of the molecule is COC(C)CCC(N)c1cc2cc(C)ccc2o1. The van der Waals surface area contributed by atoms with Gasteiger partial charge in [-0.1, -0.05) is 11.6 Å². The summed E-state index contributed by atoms with van der Waals surface area (Å²) in [7, 11) is 1.72. The number of aryl methyl sites for hydroxylation is 1. The Bertz CT molecular complexity index is 518. The molecule has 2 atom stereocenters. The van der Waals surface area contributed by atoms with Crippen LogP contribution < -0.4 is 5.73 Å². The average Bonchev–Trinajstić information content (AvgIpc) is 2.78. The van der Waals surface area contributed by atoms with Crippen LogP contribution in [0.4, 0.5) is 0 Å². The molecule has 3 heteroatoms. The first-order valence-corrected chi connectivity index (χ1v) is 6.38. The Morgan fingerprint density at radius 2 is 2.06 bits per heavy atom. The van der Waals surface area contributed by atoms with E-state index in [4.69, 9.17) is 14.9 Å². The van der Waals surface area contributed by atoms with Crippen molar-refractivity contribution in [2.24, 2.45) is 5.73 Å². The molecule has 3 nitrogen and oxygen atoms in total. The van der Waals surface area contributed by atoms with Gasteiger partial charge >= 0.3 is 0 Å². The van der Waals surface area contributed by atoms with Crippen molar-refractivity contribution < 1.29 is 9.15 Å². The topological polar surface area (TPSA) is 48.4 Å². The van der Waals surface area contributed by atoms with E-state index in [2.05, 4.69) is 19.9 Å². The van der Waals surface area contributed by atoms with E-state index < -0.39 is 0 Å². The fourth-order valence-electron chi connectivity index (χ4n) is 2.04. The first-order valence-electron chi connectivity index (χ1n) is 6.38. The number of rotatable bonds is 5. The second-order valence-corrected chi connectivity index (χ2v) is 4.92. The van der Waals surface area contributed by atoms with Gasteiger partial charge < -0.3 is 14.9 Å². The molecule has 0 aliphatic carbocycles. The summed E-state index contributed by atoms with van der Waals surface area (Å²) in [4.78, 5) is 0. The molecule has 1 heterocycles. The van der Waals surface area contributed by atoms with E-state index in [1.807, 2.05) is 18.2 Å². The van der Waals surface area contributed by atoms with Crippen molar-refractivity contribution >= 4 is 11.0 Å². The van der Waals surface area contributed by atoms with E-state index in [9.17, 15) is 0 Å². The second-order valence-electron chi connectivity index (χ2n) is 4.92. The summed E-state index contributed by atoms with van der Waals surface area (Å²) in [5.74, 6) is 0.860. The predicted octanol–water partition coefficient (Wildman–Crippen LogP) is 3.56. The number of hydrogen-bond donors (Lipinski definition) is 1. The van der Waals surface area contributed by atoms with E-state index in [-0.39, 0.29) is 12.1 Å². The highest BCUT2D eigenvalue weighted by molar-refractivity contribution is 5.78. The van der Waals surface area contributed by atoms with Gasteiger partial charge in [-0.15, -0.1) is 0 Å². The van der Waals surface area contributed by atoms with Crippen molar-refractivity contribution in [3.05, 3.63) is 35.6 Å². The zero-order chi connectivity index (χ0) is 13.1. The Hall–Kier alpha value is -1.32. The molecule has 0 aliphatic rings. The van der Waals surface area contributed by atoms with Crippen LogP contribution in [0.3, 0.4) is 0 Å². The van der Waals surface area contributed by atoms with E-state index in [0.29, 0.717) is 0 Å². The third kappa shape index (κ3) is 2.92. The number of hydrogen-bond acceptors (Lipinski definition) is 3. The molecule has 0 saturated heterocycles. The molecule has 18 heavy (non-hydrogen) atoms. The van der Waals surface area contributed by atoms with Crippen molar-refractivity contribution in [1.29, 1.82) is 0 Å². The Balaban J connectivity index is 2.10. The maximum Gasteiger partial charge on any atom is 0.134 e. The summed E-state index contributed by atoms with van der Waals surface area (Å²) in [5, 5.41) is 1.13. The van der Waals surface area contributed by atoms with Crippen LogP contribution in [0.2, 0.25) is 0 Å². The normalized spacial score (nSPS) is 14.9. The summed E-state index contributed by atoms with van der Waals surface area (Å²) in [6, 6.07) is 8.15. The third-order valence-electron chi connectivity index (χ3n) is 3.34. The molecule has 0 amide bonds. The van der Waals surface area contributed by atoms with Gasteiger partial charge in [0.15, 0.2) is 0 Å². The molecule has 0 saturated carbocycles. The Morgan fingerprint density at radius 1 is 1.28 bits per heavy atom. The molecule has 2 unspecified atom stereocenters. The summed E-state index contributed by atoms with van der Waals surface area (Å²) in [6.07, 6.45) is 2.05. The minimum absolute atomic E-state index is 0.0599. The lowest BCUT2D eigenvalue weighted by atomic mass is 10.1. The predicted molar refractivity (Wildman–Crippen MR) is 73.6 cm³/mol. The van der Waals surface area contributed by atoms with Crippen molar-refractivity contribution in [3.8, 4) is 0 Å². The van der Waals surface area contributed by atoms with Crippen LogP contribution in [0.1, 0.15) is 37.1 Å². The lowest BCUT2D eigenvalue weighted by Crippen LogP contribution is -2.13. The maximum atomic E-state index is 6.15. The standard InChI is InChI=1S/C15H21NO2/c1-10-4-7-14-12(8-10)9-15(18-14)13(16)6-5-11(2)17-3/h4,7-9,11,13H,5-6,16H2,1-3H3. The van der Waals surface area contributed by atoms with Crippen LogP contribution in [0, 0.1) is 6.92 Å². The minimum atomic E-state index is -0.0599. The lowest BCUT2D eigenvalue weighted by Gasteiger charge is -2.12. The molecule has 0 radical (unpaired) electrons. The molecule has 2 rings (SSSR count). The molecular formula is C15H21NO2. The molecule has 1 aromatic carbocycles. The number of fused-ring (bicyclic) bond motifs is 1. The Morgan fingerprint density at radius 3 is 2.78 bits per heavy atom. The number of methoxy groups -OCH3 is 1. The molecule has 0 bridgehead atoms. The smallest absolute Gasteiger partial charge is 0.134 e. The molecule has 2 N–H and O–H groups in total. The van der Waals surface area contributed by atoms with Crippen molar-refractivity contribution in [3.63, 3.8) is 0 Å². The van der Waals surface area contributed by atoms with Gasteiger partial charge in [-0.05, 0) is 44.9 Å². The minimum Gasteiger partial charge on any atom is -0.459 e. The second kappa shape index (κ2) is 5.55. The van der Waals surface area contributed by atoms with E-state index >= 15 is 0 Å². The summed E-state index contributed by atoms with van der Waals surface area (Å²) < 4.78 is 11.0. The summed E-state index contributed by atoms with van der Waals surface area (Å²) >= 11 is 0. The van der Waals surface area contributed by atoms with Gasteiger partial charge in [0.1, 0.15) is 11.3 Å². The first-order chi connectivity index (χ1) is 8.60. The number of nitrogens with two attached hydrogens (primary N) is 1. The first kappa shape index (κ1) is 13.1. The van der Waals surface area contributed by atoms with Crippen LogP contribution in [-0.2, 0) is 4.74 Å². The van der Waals surface area contributed by atoms with Gasteiger partial charge in [0, 0.05) is 12.5 Å². The summed E-state index contributed by atoms with van der Waals surface area (Å²) in [5.41, 5.74) is 8.29. The fourth-order valence-corrected chi connectivity index (χ4v) is 2.04. The van der Waals surface area contributed by atoms with Gasteiger partial charge in [-0.25, -0.2) is 0 Å². The van der Waals surface area contributed by atoms with E-state index in [1.165, 1.54) is 5.56 Å². The van der Waals surface area contributed by atoms with Crippen LogP contribution in [-0.4, -0.2) is 13.2 Å². The highest BCUT2D eigenvalue weighted by Gasteiger charge is 2.13. The maximum absolute atomic E-state index is 6.15. The monoisotopic (exact) mass is 247 g/mol. The summed E-state index contributed by atoms with van der Waals surface area (Å²) in [6.45, 7) is 4.13. The number of furan rings is 1. The van der Waals surface area contributed by atoms with Gasteiger partial charge in [-0.3, -0.25) is 0 Å². The van der Waals surface area contributed by atoms with Gasteiger partial charge in [0.25, 0.3) is 0 Å². The Labute approximate surface area is 108 Å². The fraction of sp³-hybridized carbons (Fsp3) is 0.467. The zero-order valence-corrected chi connectivity index (χ0v) is 11.3. The highest BCUT2D eigenvalue weighted by Crippen LogP contribution is 2.26. The molecule has 2 aromatic rings. The largest absolute Gasteiger partial charge is 0.459 e. The zero-order valence-electron chi connectivity index (χ0n) is 11.3. The van der Waals surface area contributed by atoms with Gasteiger partial charge in [0.05, 0.1) is 12.1 Å². The lowest BCUT2D eigenvalue weighted by molar-refractivity contribution is 0.106.